The van der Waals surface area contributed by atoms with E-state index in [4.69, 9.17) is 11.6 Å². The zero-order chi connectivity index (χ0) is 19.3. The van der Waals surface area contributed by atoms with Crippen LogP contribution in [0.1, 0.15) is 40.7 Å². The van der Waals surface area contributed by atoms with Gasteiger partial charge in [-0.3, -0.25) is 19.7 Å². The Hall–Kier alpha value is -2.93. The summed E-state index contributed by atoms with van der Waals surface area (Å²) in [6, 6.07) is 7.44. The highest BCUT2D eigenvalue weighted by Gasteiger charge is 2.38. The third-order valence-corrected chi connectivity index (χ3v) is 5.40. The van der Waals surface area contributed by atoms with Gasteiger partial charge in [0.25, 0.3) is 11.6 Å². The van der Waals surface area contributed by atoms with Crippen LogP contribution in [0.25, 0.3) is 0 Å². The first-order valence-electron chi connectivity index (χ1n) is 8.60. The predicted molar refractivity (Wildman–Crippen MR) is 102 cm³/mol. The van der Waals surface area contributed by atoms with Crippen LogP contribution in [-0.2, 0) is 11.2 Å². The Morgan fingerprint density at radius 1 is 1.33 bits per heavy atom. The number of halogens is 1. The molecule has 7 nitrogen and oxygen atoms in total. The molecule has 0 bridgehead atoms. The third kappa shape index (κ3) is 2.84. The highest BCUT2D eigenvalue weighted by molar-refractivity contribution is 6.34. The van der Waals surface area contributed by atoms with Crippen LogP contribution in [0.3, 0.4) is 0 Å². The Labute approximate surface area is 160 Å². The molecule has 1 atom stereocenters. The molecule has 1 N–H and O–H groups in total. The molecule has 2 aromatic carbocycles. The number of amides is 2. The number of rotatable bonds is 3. The van der Waals surface area contributed by atoms with Crippen LogP contribution < -0.4 is 10.2 Å². The third-order valence-electron chi connectivity index (χ3n) is 5.09. The smallest absolute Gasteiger partial charge is 0.270 e. The molecule has 2 heterocycles. The summed E-state index contributed by atoms with van der Waals surface area (Å²) in [5.74, 6) is -0.601. The first-order valence-corrected chi connectivity index (χ1v) is 8.98. The molecule has 0 spiro atoms. The van der Waals surface area contributed by atoms with Gasteiger partial charge in [0.15, 0.2) is 0 Å². The van der Waals surface area contributed by atoms with Crippen LogP contribution in [0, 0.1) is 10.1 Å². The molecule has 0 unspecified atom stereocenters. The number of carbonyl (C=O) groups is 2. The molecule has 0 saturated carbocycles. The number of non-ortho nitro benzene ring substituents is 1. The van der Waals surface area contributed by atoms with E-state index in [-0.39, 0.29) is 28.1 Å². The van der Waals surface area contributed by atoms with Crippen molar-refractivity contribution in [2.45, 2.75) is 25.7 Å². The maximum Gasteiger partial charge on any atom is 0.270 e. The van der Waals surface area contributed by atoms with E-state index in [0.29, 0.717) is 5.69 Å². The lowest BCUT2D eigenvalue weighted by Gasteiger charge is -2.26. The summed E-state index contributed by atoms with van der Waals surface area (Å²) in [5.41, 5.74) is 3.51. The maximum atomic E-state index is 12.6. The number of hydrogen-bond donors (Lipinski definition) is 1. The van der Waals surface area contributed by atoms with Gasteiger partial charge in [-0.05, 0) is 49.1 Å². The second kappa shape index (κ2) is 6.35. The van der Waals surface area contributed by atoms with E-state index in [1.54, 1.807) is 0 Å². The highest BCUT2D eigenvalue weighted by Crippen LogP contribution is 2.44. The normalized spacial score (nSPS) is 17.6. The largest absolute Gasteiger partial charge is 0.322 e. The highest BCUT2D eigenvalue weighted by atomic mass is 35.5. The van der Waals surface area contributed by atoms with Crippen molar-refractivity contribution >= 4 is 40.5 Å². The number of nitrogens with zero attached hydrogens (tertiary/aromatic N) is 2. The zero-order valence-electron chi connectivity index (χ0n) is 14.5. The summed E-state index contributed by atoms with van der Waals surface area (Å²) in [7, 11) is 0. The first kappa shape index (κ1) is 17.5. The average molecular weight is 386 g/mol. The summed E-state index contributed by atoms with van der Waals surface area (Å²) in [6.07, 6.45) is 1.73. The van der Waals surface area contributed by atoms with Crippen LogP contribution in [-0.4, -0.2) is 23.3 Å². The number of nitrogens with one attached hydrogen (secondary N) is 1. The molecule has 2 amide bonds. The summed E-state index contributed by atoms with van der Waals surface area (Å²) in [5, 5.41) is 13.6. The van der Waals surface area contributed by atoms with E-state index < -0.39 is 10.8 Å². The first-order chi connectivity index (χ1) is 12.9. The van der Waals surface area contributed by atoms with E-state index in [9.17, 15) is 19.7 Å². The van der Waals surface area contributed by atoms with E-state index >= 15 is 0 Å². The van der Waals surface area contributed by atoms with Gasteiger partial charge in [0.1, 0.15) is 0 Å². The summed E-state index contributed by atoms with van der Waals surface area (Å²) in [4.78, 5) is 37.1. The Morgan fingerprint density at radius 3 is 2.81 bits per heavy atom. The van der Waals surface area contributed by atoms with Crippen molar-refractivity contribution in [2.24, 2.45) is 0 Å². The number of nitro benzene ring substituents is 1. The standard InChI is InChI=1S/C19H16ClN3O4/c1-10-15-8-12(7-11-3-2-6-22(17(11)15)19(10)25)21-18(24)14-5-4-13(23(26)27)9-16(14)20/h4-5,7-10H,2-3,6H2,1H3,(H,21,24)/t10-/m0/s1. The van der Waals surface area contributed by atoms with Crippen molar-refractivity contribution in [1.82, 2.24) is 0 Å². The molecular weight excluding hydrogens is 370 g/mol. The lowest BCUT2D eigenvalue weighted by atomic mass is 9.96. The van der Waals surface area contributed by atoms with Crippen molar-refractivity contribution < 1.29 is 14.5 Å². The Kier molecular flexibility index (Phi) is 4.11. The van der Waals surface area contributed by atoms with Gasteiger partial charge in [-0.1, -0.05) is 11.6 Å². The fourth-order valence-corrected chi connectivity index (χ4v) is 4.03. The average Bonchev–Trinajstić information content (AvgIpc) is 2.88. The number of benzene rings is 2. The minimum absolute atomic E-state index is 0.0129. The summed E-state index contributed by atoms with van der Waals surface area (Å²) >= 11 is 6.04. The van der Waals surface area contributed by atoms with Crippen molar-refractivity contribution in [3.8, 4) is 0 Å². The van der Waals surface area contributed by atoms with Gasteiger partial charge >= 0.3 is 0 Å². The van der Waals surface area contributed by atoms with Gasteiger partial charge in [0.05, 0.1) is 27.1 Å². The Morgan fingerprint density at radius 2 is 2.11 bits per heavy atom. The molecule has 8 heteroatoms. The molecule has 0 saturated heterocycles. The summed E-state index contributed by atoms with van der Waals surface area (Å²) in [6.45, 7) is 2.60. The summed E-state index contributed by atoms with van der Waals surface area (Å²) < 4.78 is 0. The molecule has 2 aromatic rings. The van der Waals surface area contributed by atoms with Gasteiger partial charge in [-0.25, -0.2) is 0 Å². The number of carbonyl (C=O) groups excluding carboxylic acids is 2. The topological polar surface area (TPSA) is 92.6 Å². The Balaban J connectivity index is 1.66. The minimum atomic E-state index is -0.566. The van der Waals surface area contributed by atoms with Gasteiger partial charge < -0.3 is 10.2 Å². The van der Waals surface area contributed by atoms with Gasteiger partial charge in [0.2, 0.25) is 5.91 Å². The molecule has 2 aliphatic heterocycles. The lowest BCUT2D eigenvalue weighted by molar-refractivity contribution is -0.384. The number of nitro groups is 1. The van der Waals surface area contributed by atoms with Gasteiger partial charge in [0, 0.05) is 24.4 Å². The molecule has 0 fully saturated rings. The molecule has 138 valence electrons. The fraction of sp³-hybridized carbons (Fsp3) is 0.263. The van der Waals surface area contributed by atoms with Crippen molar-refractivity contribution in [3.63, 3.8) is 0 Å². The Bertz CT molecular complexity index is 1000. The zero-order valence-corrected chi connectivity index (χ0v) is 15.2. The molecule has 2 aliphatic rings. The van der Waals surface area contributed by atoms with Crippen LogP contribution >= 0.6 is 11.6 Å². The number of aryl methyl sites for hydroxylation is 1. The monoisotopic (exact) mass is 385 g/mol. The second-order valence-electron chi connectivity index (χ2n) is 6.76. The van der Waals surface area contributed by atoms with E-state index in [1.165, 1.54) is 12.1 Å². The van der Waals surface area contributed by atoms with Gasteiger partial charge in [-0.2, -0.15) is 0 Å². The molecule has 0 aromatic heterocycles. The van der Waals surface area contributed by atoms with E-state index in [1.807, 2.05) is 24.0 Å². The fourth-order valence-electron chi connectivity index (χ4n) is 3.77. The van der Waals surface area contributed by atoms with Crippen LogP contribution in [0.15, 0.2) is 30.3 Å². The second-order valence-corrected chi connectivity index (χ2v) is 7.17. The van der Waals surface area contributed by atoms with Crippen LogP contribution in [0.2, 0.25) is 5.02 Å². The predicted octanol–water partition coefficient (Wildman–Crippen LogP) is 3.90. The molecule has 0 radical (unpaired) electrons. The molecular formula is C19H16ClN3O4. The number of anilines is 2. The van der Waals surface area contributed by atoms with Crippen LogP contribution in [0.4, 0.5) is 17.1 Å². The quantitative estimate of drug-likeness (QED) is 0.640. The molecule has 27 heavy (non-hydrogen) atoms. The lowest BCUT2D eigenvalue weighted by Crippen LogP contribution is -2.32. The SMILES string of the molecule is C[C@@H]1C(=O)N2CCCc3cc(NC(=O)c4ccc([N+](=O)[O-])cc4Cl)cc1c32. The van der Waals surface area contributed by atoms with Crippen molar-refractivity contribution in [2.75, 3.05) is 16.8 Å². The van der Waals surface area contributed by atoms with Crippen molar-refractivity contribution in [1.29, 1.82) is 0 Å². The maximum absolute atomic E-state index is 12.6. The molecule has 4 rings (SSSR count). The van der Waals surface area contributed by atoms with E-state index in [2.05, 4.69) is 5.32 Å². The van der Waals surface area contributed by atoms with E-state index in [0.717, 1.165) is 42.3 Å². The van der Waals surface area contributed by atoms with Crippen molar-refractivity contribution in [3.05, 3.63) is 62.2 Å². The number of hydrogen-bond acceptors (Lipinski definition) is 4. The minimum Gasteiger partial charge on any atom is -0.322 e. The molecule has 0 aliphatic carbocycles. The van der Waals surface area contributed by atoms with Gasteiger partial charge in [-0.15, -0.1) is 0 Å². The van der Waals surface area contributed by atoms with Crippen LogP contribution in [0.5, 0.6) is 0 Å².